The lowest BCUT2D eigenvalue weighted by Crippen LogP contribution is -2.39. The van der Waals surface area contributed by atoms with Crippen LogP contribution in [-0.4, -0.2) is 59.2 Å². The summed E-state index contributed by atoms with van der Waals surface area (Å²) in [4.78, 5) is 41.8. The largest absolute Gasteiger partial charge is 0.378 e. The molecule has 1 aromatic carbocycles. The number of carbonyl (C=O) groups excluding carboxylic acids is 3. The highest BCUT2D eigenvalue weighted by Gasteiger charge is 2.33. The third-order valence-electron chi connectivity index (χ3n) is 3.93. The number of rotatable bonds is 4. The molecule has 8 heteroatoms. The summed E-state index contributed by atoms with van der Waals surface area (Å²) in [6.07, 6.45) is 0.0468. The van der Waals surface area contributed by atoms with E-state index in [1.807, 2.05) is 4.90 Å². The predicted molar refractivity (Wildman–Crippen MR) is 95.9 cm³/mol. The van der Waals surface area contributed by atoms with E-state index in [9.17, 15) is 14.4 Å². The summed E-state index contributed by atoms with van der Waals surface area (Å²) < 4.78 is 5.29. The van der Waals surface area contributed by atoms with Crippen molar-refractivity contribution < 1.29 is 19.1 Å². The molecule has 7 nitrogen and oxygen atoms in total. The topological polar surface area (TPSA) is 88.1 Å². The van der Waals surface area contributed by atoms with E-state index in [-0.39, 0.29) is 24.0 Å². The molecule has 1 fully saturated rings. The number of thioether (sulfide) groups is 1. The van der Waals surface area contributed by atoms with Gasteiger partial charge in [0.15, 0.2) is 11.0 Å². The number of ether oxygens (including phenoxy) is 1. The summed E-state index contributed by atoms with van der Waals surface area (Å²) in [5.74, 6) is -0.620. The van der Waals surface area contributed by atoms with Gasteiger partial charge in [0.2, 0.25) is 5.91 Å². The van der Waals surface area contributed by atoms with Gasteiger partial charge in [0.1, 0.15) is 5.25 Å². The highest BCUT2D eigenvalue weighted by molar-refractivity contribution is 8.15. The lowest BCUT2D eigenvalue weighted by atomic mass is 10.1. The number of morpholine rings is 1. The molecule has 2 amide bonds. The molecule has 1 atom stereocenters. The molecule has 25 heavy (non-hydrogen) atoms. The van der Waals surface area contributed by atoms with Crippen LogP contribution in [0.2, 0.25) is 0 Å². The second kappa shape index (κ2) is 7.79. The number of benzene rings is 1. The Bertz CT molecular complexity index is 728. The third kappa shape index (κ3) is 4.46. The summed E-state index contributed by atoms with van der Waals surface area (Å²) in [5, 5.41) is 2.90. The van der Waals surface area contributed by atoms with Crippen LogP contribution in [0, 0.1) is 0 Å². The van der Waals surface area contributed by atoms with Crippen LogP contribution < -0.4 is 5.32 Å². The van der Waals surface area contributed by atoms with Gasteiger partial charge in [0, 0.05) is 30.8 Å². The number of nitrogens with zero attached hydrogens (tertiary/aromatic N) is 2. The highest BCUT2D eigenvalue weighted by atomic mass is 32.2. The molecule has 0 aliphatic carbocycles. The lowest BCUT2D eigenvalue weighted by Gasteiger charge is -2.27. The van der Waals surface area contributed by atoms with Crippen LogP contribution in [0.4, 0.5) is 5.69 Å². The van der Waals surface area contributed by atoms with Gasteiger partial charge in [-0.05, 0) is 19.1 Å². The maximum absolute atomic E-state index is 12.2. The number of hydrogen-bond acceptors (Lipinski definition) is 6. The summed E-state index contributed by atoms with van der Waals surface area (Å²) in [5.41, 5.74) is 1.07. The van der Waals surface area contributed by atoms with Gasteiger partial charge in [-0.3, -0.25) is 14.4 Å². The van der Waals surface area contributed by atoms with Gasteiger partial charge in [-0.2, -0.15) is 4.99 Å². The molecule has 1 aromatic rings. The second-order valence-corrected chi connectivity index (χ2v) is 7.00. The van der Waals surface area contributed by atoms with Crippen molar-refractivity contribution in [3.05, 3.63) is 29.8 Å². The fourth-order valence-electron chi connectivity index (χ4n) is 2.60. The van der Waals surface area contributed by atoms with Crippen LogP contribution >= 0.6 is 11.8 Å². The zero-order valence-electron chi connectivity index (χ0n) is 13.9. The zero-order valence-corrected chi connectivity index (χ0v) is 14.7. The standard InChI is InChI=1S/C17H19N3O4S/c1-11(21)12-3-2-4-13(9-12)18-15(22)10-14-16(23)19-17(25-14)20-5-7-24-8-6-20/h2-4,9,14H,5-8,10H2,1H3,(H,18,22)/t14-/m1/s1. The summed E-state index contributed by atoms with van der Waals surface area (Å²) in [7, 11) is 0. The van der Waals surface area contributed by atoms with Crippen LogP contribution in [-0.2, 0) is 14.3 Å². The molecule has 3 rings (SSSR count). The predicted octanol–water partition coefficient (Wildman–Crippen LogP) is 1.55. The Morgan fingerprint density at radius 1 is 1.36 bits per heavy atom. The first-order valence-electron chi connectivity index (χ1n) is 8.05. The maximum atomic E-state index is 12.2. The molecule has 0 bridgehead atoms. The SMILES string of the molecule is CC(=O)c1cccc(NC(=O)C[C@H]2SC(N3CCOCC3)=NC2=O)c1. The summed E-state index contributed by atoms with van der Waals surface area (Å²) in [6.45, 7) is 4.11. The number of amides is 2. The molecule has 0 saturated carbocycles. The molecular weight excluding hydrogens is 342 g/mol. The zero-order chi connectivity index (χ0) is 17.8. The van der Waals surface area contributed by atoms with E-state index >= 15 is 0 Å². The van der Waals surface area contributed by atoms with Crippen molar-refractivity contribution in [2.45, 2.75) is 18.6 Å². The van der Waals surface area contributed by atoms with Crippen molar-refractivity contribution in [1.29, 1.82) is 0 Å². The first-order chi connectivity index (χ1) is 12.0. The van der Waals surface area contributed by atoms with E-state index in [0.717, 1.165) is 0 Å². The molecule has 2 aliphatic heterocycles. The first kappa shape index (κ1) is 17.6. The molecule has 0 spiro atoms. The number of nitrogens with one attached hydrogen (secondary N) is 1. The minimum absolute atomic E-state index is 0.0468. The molecule has 1 saturated heterocycles. The van der Waals surface area contributed by atoms with Crippen LogP contribution in [0.15, 0.2) is 29.3 Å². The molecular formula is C17H19N3O4S. The van der Waals surface area contributed by atoms with E-state index in [0.29, 0.717) is 42.7 Å². The minimum atomic E-state index is -0.506. The molecule has 1 N–H and O–H groups in total. The van der Waals surface area contributed by atoms with Gasteiger partial charge >= 0.3 is 0 Å². The molecule has 2 heterocycles. The number of amidine groups is 1. The quantitative estimate of drug-likeness (QED) is 0.819. The summed E-state index contributed by atoms with van der Waals surface area (Å²) >= 11 is 1.33. The highest BCUT2D eigenvalue weighted by Crippen LogP contribution is 2.28. The van der Waals surface area contributed by atoms with Crippen molar-refractivity contribution in [2.75, 3.05) is 31.6 Å². The molecule has 0 aromatic heterocycles. The van der Waals surface area contributed by atoms with Crippen molar-refractivity contribution in [2.24, 2.45) is 4.99 Å². The van der Waals surface area contributed by atoms with Crippen molar-refractivity contribution in [3.63, 3.8) is 0 Å². The van der Waals surface area contributed by atoms with Crippen LogP contribution in [0.1, 0.15) is 23.7 Å². The van der Waals surface area contributed by atoms with Gasteiger partial charge in [0.05, 0.1) is 13.2 Å². The molecule has 0 unspecified atom stereocenters. The third-order valence-corrected chi connectivity index (χ3v) is 5.15. The van der Waals surface area contributed by atoms with E-state index in [1.54, 1.807) is 24.3 Å². The van der Waals surface area contributed by atoms with Gasteiger partial charge in [-0.15, -0.1) is 0 Å². The van der Waals surface area contributed by atoms with Crippen molar-refractivity contribution in [3.8, 4) is 0 Å². The Kier molecular flexibility index (Phi) is 5.50. The first-order valence-corrected chi connectivity index (χ1v) is 8.93. The number of hydrogen-bond donors (Lipinski definition) is 1. The molecule has 0 radical (unpaired) electrons. The van der Waals surface area contributed by atoms with Crippen molar-refractivity contribution >= 4 is 40.2 Å². The Hall–Kier alpha value is -2.19. The lowest BCUT2D eigenvalue weighted by molar-refractivity contribution is -0.121. The molecule has 2 aliphatic rings. The fourth-order valence-corrected chi connectivity index (χ4v) is 3.71. The van der Waals surface area contributed by atoms with Crippen molar-refractivity contribution in [1.82, 2.24) is 4.90 Å². The maximum Gasteiger partial charge on any atom is 0.262 e. The number of carbonyl (C=O) groups is 3. The smallest absolute Gasteiger partial charge is 0.262 e. The van der Waals surface area contributed by atoms with E-state index in [1.165, 1.54) is 18.7 Å². The van der Waals surface area contributed by atoms with Crippen LogP contribution in [0.3, 0.4) is 0 Å². The van der Waals surface area contributed by atoms with E-state index in [4.69, 9.17) is 4.74 Å². The fraction of sp³-hybridized carbons (Fsp3) is 0.412. The monoisotopic (exact) mass is 361 g/mol. The number of Topliss-reactive ketones (excluding diaryl/α,β-unsaturated/α-hetero) is 1. The summed E-state index contributed by atoms with van der Waals surface area (Å²) in [6, 6.07) is 6.74. The average Bonchev–Trinajstić information content (AvgIpc) is 2.96. The average molecular weight is 361 g/mol. The Labute approximate surface area is 149 Å². The van der Waals surface area contributed by atoms with Gasteiger partial charge in [-0.1, -0.05) is 23.9 Å². The Morgan fingerprint density at radius 2 is 2.12 bits per heavy atom. The second-order valence-electron chi connectivity index (χ2n) is 5.83. The van der Waals surface area contributed by atoms with Gasteiger partial charge in [-0.25, -0.2) is 0 Å². The number of ketones is 1. The minimum Gasteiger partial charge on any atom is -0.378 e. The Morgan fingerprint density at radius 3 is 2.84 bits per heavy atom. The van der Waals surface area contributed by atoms with Crippen LogP contribution in [0.25, 0.3) is 0 Å². The number of aliphatic imine (C=N–C) groups is 1. The van der Waals surface area contributed by atoms with Crippen LogP contribution in [0.5, 0.6) is 0 Å². The number of anilines is 1. The van der Waals surface area contributed by atoms with Gasteiger partial charge in [0.25, 0.3) is 5.91 Å². The Balaban J connectivity index is 1.56. The molecule has 132 valence electrons. The van der Waals surface area contributed by atoms with Gasteiger partial charge < -0.3 is 15.0 Å². The normalized spacial score (nSPS) is 20.4. The van der Waals surface area contributed by atoms with E-state index in [2.05, 4.69) is 10.3 Å². The van der Waals surface area contributed by atoms with E-state index < -0.39 is 5.25 Å².